The highest BCUT2D eigenvalue weighted by atomic mass is 32.2. The van der Waals surface area contributed by atoms with E-state index >= 15 is 0 Å². The third-order valence-corrected chi connectivity index (χ3v) is 5.60. The second-order valence-corrected chi connectivity index (χ2v) is 7.16. The van der Waals surface area contributed by atoms with E-state index in [1.807, 2.05) is 0 Å². The molecule has 1 N–H and O–H groups in total. The first-order chi connectivity index (χ1) is 6.52. The van der Waals surface area contributed by atoms with Crippen molar-refractivity contribution in [3.63, 3.8) is 0 Å². The maximum absolute atomic E-state index is 3.84. The lowest BCUT2D eigenvalue weighted by Gasteiger charge is -2.38. The minimum Gasteiger partial charge on any atom is -0.297 e. The smallest absolute Gasteiger partial charge is 0.0650 e. The zero-order valence-corrected chi connectivity index (χ0v) is 10.5. The van der Waals surface area contributed by atoms with Crippen molar-refractivity contribution in [2.24, 2.45) is 5.92 Å². The number of rotatable bonds is 1. The van der Waals surface area contributed by atoms with Gasteiger partial charge < -0.3 is 0 Å². The summed E-state index contributed by atoms with van der Waals surface area (Å²) in [6.45, 7) is 7.07. The second-order valence-electron chi connectivity index (χ2n) is 5.74. The summed E-state index contributed by atoms with van der Waals surface area (Å²) < 4.78 is 0. The maximum atomic E-state index is 3.84. The van der Waals surface area contributed by atoms with E-state index in [1.165, 1.54) is 37.9 Å². The number of thioether (sulfide) groups is 1. The van der Waals surface area contributed by atoms with Crippen molar-refractivity contribution < 1.29 is 0 Å². The van der Waals surface area contributed by atoms with Gasteiger partial charge in [0.25, 0.3) is 0 Å². The average molecular weight is 213 g/mol. The van der Waals surface area contributed by atoms with E-state index in [4.69, 9.17) is 0 Å². The van der Waals surface area contributed by atoms with Crippen LogP contribution in [-0.4, -0.2) is 16.2 Å². The van der Waals surface area contributed by atoms with E-state index in [0.29, 0.717) is 10.4 Å². The van der Waals surface area contributed by atoms with Crippen molar-refractivity contribution >= 4 is 11.8 Å². The van der Waals surface area contributed by atoms with Gasteiger partial charge in [-0.2, -0.15) is 0 Å². The van der Waals surface area contributed by atoms with Crippen LogP contribution < -0.4 is 5.32 Å². The van der Waals surface area contributed by atoms with Crippen LogP contribution in [0.1, 0.15) is 52.9 Å². The van der Waals surface area contributed by atoms with Crippen LogP contribution in [0.25, 0.3) is 0 Å². The van der Waals surface area contributed by atoms with Gasteiger partial charge >= 0.3 is 0 Å². The lowest BCUT2D eigenvalue weighted by molar-refractivity contribution is 0.233. The maximum Gasteiger partial charge on any atom is 0.0650 e. The summed E-state index contributed by atoms with van der Waals surface area (Å²) in [5.41, 5.74) is 0.344. The van der Waals surface area contributed by atoms with Gasteiger partial charge in [0.1, 0.15) is 0 Å². The Morgan fingerprint density at radius 3 is 2.21 bits per heavy atom. The van der Waals surface area contributed by atoms with Gasteiger partial charge in [-0.3, -0.25) is 5.32 Å². The van der Waals surface area contributed by atoms with E-state index in [1.54, 1.807) is 0 Å². The fourth-order valence-electron chi connectivity index (χ4n) is 2.95. The lowest BCUT2D eigenvalue weighted by Crippen LogP contribution is -2.50. The van der Waals surface area contributed by atoms with E-state index in [9.17, 15) is 0 Å². The molecule has 1 unspecified atom stereocenters. The van der Waals surface area contributed by atoms with E-state index < -0.39 is 0 Å². The Bertz CT molecular complexity index is 208. The van der Waals surface area contributed by atoms with Crippen molar-refractivity contribution in [1.82, 2.24) is 5.32 Å². The third kappa shape index (κ3) is 2.11. The van der Waals surface area contributed by atoms with Crippen LogP contribution in [0.3, 0.4) is 0 Å². The Morgan fingerprint density at radius 1 is 1.07 bits per heavy atom. The first-order valence-corrected chi connectivity index (χ1v) is 6.94. The van der Waals surface area contributed by atoms with Crippen LogP contribution in [0.15, 0.2) is 0 Å². The fraction of sp³-hybridized carbons (Fsp3) is 1.00. The van der Waals surface area contributed by atoms with Crippen LogP contribution in [0.2, 0.25) is 0 Å². The molecular formula is C12H23NS. The van der Waals surface area contributed by atoms with Crippen LogP contribution in [0.4, 0.5) is 0 Å². The standard InChI is InChI=1S/C12H23NS/c1-11(2)9-14-12(3,13-11)10-7-5-4-6-8-10/h10,13H,4-9H2,1-3H3. The Labute approximate surface area is 92.4 Å². The third-order valence-electron chi connectivity index (χ3n) is 3.70. The zero-order valence-electron chi connectivity index (χ0n) is 9.73. The summed E-state index contributed by atoms with van der Waals surface area (Å²) in [7, 11) is 0. The quantitative estimate of drug-likeness (QED) is 0.716. The molecule has 2 fully saturated rings. The van der Waals surface area contributed by atoms with Gasteiger partial charge in [-0.25, -0.2) is 0 Å². The van der Waals surface area contributed by atoms with Gasteiger partial charge in [0.2, 0.25) is 0 Å². The highest BCUT2D eigenvalue weighted by Crippen LogP contribution is 2.45. The first-order valence-electron chi connectivity index (χ1n) is 5.95. The molecule has 1 saturated carbocycles. The van der Waals surface area contributed by atoms with Gasteiger partial charge in [-0.15, -0.1) is 11.8 Å². The summed E-state index contributed by atoms with van der Waals surface area (Å²) in [4.78, 5) is 0.365. The molecule has 14 heavy (non-hydrogen) atoms. The Morgan fingerprint density at radius 2 is 1.71 bits per heavy atom. The molecule has 1 saturated heterocycles. The molecule has 2 heteroatoms. The molecule has 0 radical (unpaired) electrons. The number of nitrogens with one attached hydrogen (secondary N) is 1. The molecule has 2 rings (SSSR count). The molecule has 0 spiro atoms. The van der Waals surface area contributed by atoms with Crippen LogP contribution in [0, 0.1) is 5.92 Å². The zero-order chi connectivity index (χ0) is 10.2. The monoisotopic (exact) mass is 213 g/mol. The van der Waals surface area contributed by atoms with Gasteiger partial charge in [-0.1, -0.05) is 19.3 Å². The van der Waals surface area contributed by atoms with Crippen LogP contribution in [0.5, 0.6) is 0 Å². The predicted octanol–water partition coefficient (Wildman–Crippen LogP) is 3.40. The van der Waals surface area contributed by atoms with Gasteiger partial charge in [-0.05, 0) is 39.5 Å². The van der Waals surface area contributed by atoms with E-state index in [-0.39, 0.29) is 0 Å². The Kier molecular flexibility index (Phi) is 2.87. The first kappa shape index (κ1) is 10.8. The van der Waals surface area contributed by atoms with E-state index in [2.05, 4.69) is 37.8 Å². The minimum atomic E-state index is 0.344. The topological polar surface area (TPSA) is 12.0 Å². The lowest BCUT2D eigenvalue weighted by atomic mass is 9.83. The van der Waals surface area contributed by atoms with Gasteiger partial charge in [0, 0.05) is 11.3 Å². The molecular weight excluding hydrogens is 190 g/mol. The van der Waals surface area contributed by atoms with Crippen LogP contribution >= 0.6 is 11.8 Å². The molecule has 1 nitrogen and oxygen atoms in total. The normalized spacial score (nSPS) is 38.8. The summed E-state index contributed by atoms with van der Waals surface area (Å²) in [5.74, 6) is 2.17. The van der Waals surface area contributed by atoms with Crippen molar-refractivity contribution in [2.75, 3.05) is 5.75 Å². The van der Waals surface area contributed by atoms with Crippen molar-refractivity contribution in [3.05, 3.63) is 0 Å². The molecule has 0 aromatic heterocycles. The molecule has 0 bridgehead atoms. The molecule has 0 aromatic carbocycles. The highest BCUT2D eigenvalue weighted by molar-refractivity contribution is 8.00. The molecule has 1 atom stereocenters. The minimum absolute atomic E-state index is 0.344. The second kappa shape index (κ2) is 3.71. The number of hydrogen-bond acceptors (Lipinski definition) is 2. The molecule has 0 aromatic rings. The molecule has 2 aliphatic rings. The molecule has 0 amide bonds. The van der Waals surface area contributed by atoms with Crippen LogP contribution in [-0.2, 0) is 0 Å². The van der Waals surface area contributed by atoms with Gasteiger partial charge in [0.15, 0.2) is 0 Å². The molecule has 1 aliphatic heterocycles. The molecule has 82 valence electrons. The summed E-state index contributed by atoms with van der Waals surface area (Å²) >= 11 is 2.15. The highest BCUT2D eigenvalue weighted by Gasteiger charge is 2.44. The average Bonchev–Trinajstić information content (AvgIpc) is 2.44. The van der Waals surface area contributed by atoms with E-state index in [0.717, 1.165) is 5.92 Å². The van der Waals surface area contributed by atoms with Crippen molar-refractivity contribution in [3.8, 4) is 0 Å². The van der Waals surface area contributed by atoms with Crippen molar-refractivity contribution in [1.29, 1.82) is 0 Å². The SMILES string of the molecule is CC1(C)CSC(C)(C2CCCCC2)N1. The fourth-order valence-corrected chi connectivity index (χ4v) is 4.50. The Balaban J connectivity index is 2.01. The molecule has 1 aliphatic carbocycles. The summed E-state index contributed by atoms with van der Waals surface area (Å²) in [6.07, 6.45) is 7.23. The largest absolute Gasteiger partial charge is 0.297 e. The summed E-state index contributed by atoms with van der Waals surface area (Å²) in [6, 6.07) is 0. The molecule has 1 heterocycles. The summed E-state index contributed by atoms with van der Waals surface area (Å²) in [5, 5.41) is 3.84. The van der Waals surface area contributed by atoms with Gasteiger partial charge in [0.05, 0.1) is 4.87 Å². The van der Waals surface area contributed by atoms with Crippen molar-refractivity contribution in [2.45, 2.75) is 63.3 Å². The number of hydrogen-bond donors (Lipinski definition) is 1. The Hall–Kier alpha value is 0.310. The predicted molar refractivity (Wildman–Crippen MR) is 64.7 cm³/mol.